The molecule has 0 unspecified atom stereocenters. The predicted octanol–water partition coefficient (Wildman–Crippen LogP) is 0.643. The summed E-state index contributed by atoms with van der Waals surface area (Å²) in [5.41, 5.74) is -0.0101. The molecule has 3 aliphatic rings. The molecule has 0 spiro atoms. The van der Waals surface area contributed by atoms with Crippen LogP contribution in [0.25, 0.3) is 4.85 Å². The molecule has 12 heavy (non-hydrogen) atoms. The smallest absolute Gasteiger partial charge is 0.321 e. The fraction of sp³-hybridized carbons (Fsp3) is 0.875. The highest BCUT2D eigenvalue weighted by atomic mass is 16.9. The van der Waals surface area contributed by atoms with Crippen molar-refractivity contribution < 1.29 is 14.2 Å². The Morgan fingerprint density at radius 1 is 1.25 bits per heavy atom. The minimum atomic E-state index is -1.04. The largest absolute Gasteiger partial charge is 0.360 e. The van der Waals surface area contributed by atoms with Crippen molar-refractivity contribution in [3.05, 3.63) is 11.4 Å². The van der Waals surface area contributed by atoms with Crippen molar-refractivity contribution in [1.82, 2.24) is 0 Å². The normalized spacial score (nSPS) is 45.7. The molecular weight excluding hydrogens is 158 g/mol. The molecule has 4 heteroatoms. The van der Waals surface area contributed by atoms with E-state index in [2.05, 4.69) is 4.85 Å². The second-order valence-corrected chi connectivity index (χ2v) is 3.68. The van der Waals surface area contributed by atoms with Gasteiger partial charge in [0.25, 0.3) is 6.54 Å². The Balaban J connectivity index is 2.10. The van der Waals surface area contributed by atoms with Crippen molar-refractivity contribution in [2.45, 2.75) is 12.9 Å². The summed E-state index contributed by atoms with van der Waals surface area (Å²) in [7, 11) is 0. The number of ether oxygens (including phenoxy) is 3. The van der Waals surface area contributed by atoms with Crippen LogP contribution < -0.4 is 0 Å². The summed E-state index contributed by atoms with van der Waals surface area (Å²) < 4.78 is 16.0. The molecule has 0 aromatic heterocycles. The van der Waals surface area contributed by atoms with Gasteiger partial charge in [-0.25, -0.2) is 6.57 Å². The molecule has 0 saturated carbocycles. The van der Waals surface area contributed by atoms with Gasteiger partial charge in [-0.05, 0) is 0 Å². The van der Waals surface area contributed by atoms with Crippen LogP contribution in [0.15, 0.2) is 0 Å². The van der Waals surface area contributed by atoms with E-state index in [4.69, 9.17) is 20.8 Å². The van der Waals surface area contributed by atoms with E-state index in [1.165, 1.54) is 0 Å². The topological polar surface area (TPSA) is 32.0 Å². The molecule has 3 rings (SSSR count). The molecule has 3 aliphatic heterocycles. The Hall–Kier alpha value is -0.630. The molecule has 0 atom stereocenters. The molecule has 0 aliphatic carbocycles. The van der Waals surface area contributed by atoms with E-state index in [0.717, 1.165) is 0 Å². The van der Waals surface area contributed by atoms with Crippen LogP contribution in [0.3, 0.4) is 0 Å². The molecule has 2 bridgehead atoms. The van der Waals surface area contributed by atoms with E-state index < -0.39 is 5.97 Å². The van der Waals surface area contributed by atoms with Crippen LogP contribution in [-0.2, 0) is 14.2 Å². The molecule has 3 fully saturated rings. The fourth-order valence-corrected chi connectivity index (χ4v) is 1.34. The van der Waals surface area contributed by atoms with Crippen LogP contribution in [0.5, 0.6) is 0 Å². The fourth-order valence-electron chi connectivity index (χ4n) is 1.34. The maximum Gasteiger partial charge on any atom is 0.360 e. The van der Waals surface area contributed by atoms with Gasteiger partial charge in [-0.15, -0.1) is 0 Å². The molecule has 4 nitrogen and oxygen atoms in total. The maximum atomic E-state index is 6.72. The van der Waals surface area contributed by atoms with Crippen LogP contribution in [0.1, 0.15) is 6.92 Å². The van der Waals surface area contributed by atoms with E-state index in [1.54, 1.807) is 0 Å². The summed E-state index contributed by atoms with van der Waals surface area (Å²) in [5, 5.41) is 0. The first kappa shape index (κ1) is 7.99. The summed E-state index contributed by atoms with van der Waals surface area (Å²) in [5.74, 6) is -1.04. The summed E-state index contributed by atoms with van der Waals surface area (Å²) in [6, 6.07) is 0. The van der Waals surface area contributed by atoms with E-state index in [0.29, 0.717) is 19.8 Å². The third-order valence-electron chi connectivity index (χ3n) is 2.19. The lowest BCUT2D eigenvalue weighted by Gasteiger charge is -2.47. The monoisotopic (exact) mass is 169 g/mol. The van der Waals surface area contributed by atoms with Gasteiger partial charge in [0.15, 0.2) is 0 Å². The van der Waals surface area contributed by atoms with Gasteiger partial charge < -0.3 is 19.1 Å². The Morgan fingerprint density at radius 2 is 1.75 bits per heavy atom. The third kappa shape index (κ3) is 1.11. The zero-order chi connectivity index (χ0) is 8.66. The van der Waals surface area contributed by atoms with Gasteiger partial charge in [0.2, 0.25) is 0 Å². The lowest BCUT2D eigenvalue weighted by molar-refractivity contribution is -0.457. The Bertz CT molecular complexity index is 208. The number of hydrogen-bond acceptors (Lipinski definition) is 3. The van der Waals surface area contributed by atoms with Gasteiger partial charge in [0.05, 0.1) is 19.8 Å². The summed E-state index contributed by atoms with van der Waals surface area (Å²) in [6.45, 7) is 10.8. The molecule has 66 valence electrons. The van der Waals surface area contributed by atoms with Crippen molar-refractivity contribution in [3.8, 4) is 0 Å². The zero-order valence-electron chi connectivity index (χ0n) is 7.00. The molecule has 3 saturated heterocycles. The quantitative estimate of drug-likeness (QED) is 0.540. The Morgan fingerprint density at radius 3 is 2.17 bits per heavy atom. The molecule has 0 aromatic rings. The highest BCUT2D eigenvalue weighted by molar-refractivity contribution is 4.87. The molecule has 0 amide bonds. The van der Waals surface area contributed by atoms with Gasteiger partial charge in [-0.2, -0.15) is 0 Å². The number of nitrogens with zero attached hydrogens (tertiary/aromatic N) is 1. The standard InChI is InChI=1S/C8H11NO3/c1-7-4-10-8(3-9-2,11-5-7)12-6-7/h3-6H2,1H3. The summed E-state index contributed by atoms with van der Waals surface area (Å²) in [6.07, 6.45) is 0. The van der Waals surface area contributed by atoms with E-state index in [1.807, 2.05) is 6.92 Å². The van der Waals surface area contributed by atoms with Crippen molar-refractivity contribution in [2.75, 3.05) is 26.4 Å². The Labute approximate surface area is 71.2 Å². The van der Waals surface area contributed by atoms with Gasteiger partial charge in [0.1, 0.15) is 0 Å². The van der Waals surface area contributed by atoms with Crippen molar-refractivity contribution in [3.63, 3.8) is 0 Å². The first-order chi connectivity index (χ1) is 5.68. The first-order valence-electron chi connectivity index (χ1n) is 3.93. The van der Waals surface area contributed by atoms with Crippen molar-refractivity contribution in [2.24, 2.45) is 5.41 Å². The minimum absolute atomic E-state index is 0.0101. The number of rotatable bonds is 1. The van der Waals surface area contributed by atoms with E-state index in [-0.39, 0.29) is 12.0 Å². The highest BCUT2D eigenvalue weighted by Gasteiger charge is 2.52. The van der Waals surface area contributed by atoms with Gasteiger partial charge in [-0.3, -0.25) is 0 Å². The number of hydrogen-bond donors (Lipinski definition) is 0. The molecule has 0 N–H and O–H groups in total. The first-order valence-corrected chi connectivity index (χ1v) is 3.93. The second kappa shape index (κ2) is 2.43. The average Bonchev–Trinajstić information content (AvgIpc) is 2.08. The maximum absolute atomic E-state index is 6.72. The molecule has 0 radical (unpaired) electrons. The summed E-state index contributed by atoms with van der Waals surface area (Å²) >= 11 is 0. The molecule has 0 aromatic carbocycles. The lowest BCUT2D eigenvalue weighted by atomic mass is 9.92. The molecular formula is C8H11NO3. The SMILES string of the molecule is [C-]#[N+]CC12OCC(C)(CO1)CO2. The highest BCUT2D eigenvalue weighted by Crippen LogP contribution is 2.37. The number of fused-ring (bicyclic) bond motifs is 3. The van der Waals surface area contributed by atoms with Gasteiger partial charge in [0, 0.05) is 5.41 Å². The predicted molar refractivity (Wildman–Crippen MR) is 40.2 cm³/mol. The average molecular weight is 169 g/mol. The van der Waals surface area contributed by atoms with Crippen LogP contribution in [0.4, 0.5) is 0 Å². The second-order valence-electron chi connectivity index (χ2n) is 3.68. The third-order valence-corrected chi connectivity index (χ3v) is 2.19. The van der Waals surface area contributed by atoms with Crippen LogP contribution in [0, 0.1) is 12.0 Å². The van der Waals surface area contributed by atoms with Crippen LogP contribution >= 0.6 is 0 Å². The van der Waals surface area contributed by atoms with E-state index in [9.17, 15) is 0 Å². The summed E-state index contributed by atoms with van der Waals surface area (Å²) in [4.78, 5) is 3.22. The van der Waals surface area contributed by atoms with E-state index >= 15 is 0 Å². The van der Waals surface area contributed by atoms with Gasteiger partial charge in [-0.1, -0.05) is 6.92 Å². The van der Waals surface area contributed by atoms with Gasteiger partial charge >= 0.3 is 5.97 Å². The Kier molecular flexibility index (Phi) is 1.62. The minimum Gasteiger partial charge on any atom is -0.321 e. The lowest BCUT2D eigenvalue weighted by Crippen LogP contribution is -2.60. The van der Waals surface area contributed by atoms with Crippen molar-refractivity contribution >= 4 is 0 Å². The van der Waals surface area contributed by atoms with Crippen LogP contribution in [-0.4, -0.2) is 32.3 Å². The zero-order valence-corrected chi connectivity index (χ0v) is 7.00. The van der Waals surface area contributed by atoms with Crippen LogP contribution in [0.2, 0.25) is 0 Å². The van der Waals surface area contributed by atoms with Crippen molar-refractivity contribution in [1.29, 1.82) is 0 Å². The molecule has 3 heterocycles.